The Balaban J connectivity index is 2.66. The molecule has 6 heteroatoms. The highest BCUT2D eigenvalue weighted by Crippen LogP contribution is 2.27. The Kier molecular flexibility index (Phi) is 5.47. The van der Waals surface area contributed by atoms with Crippen LogP contribution < -0.4 is 5.32 Å². The largest absolute Gasteiger partial charge is 0.481 e. The van der Waals surface area contributed by atoms with Crippen LogP contribution in [0, 0.1) is 0 Å². The second-order valence-corrected chi connectivity index (χ2v) is 6.85. The number of thioether (sulfide) groups is 1. The van der Waals surface area contributed by atoms with Crippen molar-refractivity contribution in [1.82, 2.24) is 4.98 Å². The summed E-state index contributed by atoms with van der Waals surface area (Å²) in [5.41, 5.74) is -0.324. The van der Waals surface area contributed by atoms with Gasteiger partial charge >= 0.3 is 5.97 Å². The number of thiazole rings is 1. The average Bonchev–Trinajstić information content (AvgIpc) is 2.75. The molecule has 0 aliphatic carbocycles. The third-order valence-electron chi connectivity index (χ3n) is 2.62. The van der Waals surface area contributed by atoms with Gasteiger partial charge in [0.15, 0.2) is 5.13 Å². The fourth-order valence-electron chi connectivity index (χ4n) is 1.28. The number of nitrogens with zero attached hydrogens (tertiary/aromatic N) is 1. The second kappa shape index (κ2) is 6.43. The Morgan fingerprint density at radius 3 is 2.89 bits per heavy atom. The number of carboxylic acid groups (broad SMARTS) is 1. The topological polar surface area (TPSA) is 62.2 Å². The van der Waals surface area contributed by atoms with E-state index in [0.717, 1.165) is 16.6 Å². The molecule has 1 unspecified atom stereocenters. The minimum absolute atomic E-state index is 0.335. The third kappa shape index (κ3) is 3.88. The smallest absolute Gasteiger partial charge is 0.315 e. The second-order valence-electron chi connectivity index (χ2n) is 4.67. The van der Waals surface area contributed by atoms with Gasteiger partial charge in [-0.25, -0.2) is 4.98 Å². The van der Waals surface area contributed by atoms with Crippen molar-refractivity contribution in [2.75, 3.05) is 16.8 Å². The molecule has 1 aromatic rings. The molecule has 0 radical (unpaired) electrons. The first kappa shape index (κ1) is 15.3. The molecule has 4 nitrogen and oxygen atoms in total. The third-order valence-corrected chi connectivity index (χ3v) is 4.54. The highest BCUT2D eigenvalue weighted by Gasteiger charge is 2.32. The first-order valence-corrected chi connectivity index (χ1v) is 7.95. The predicted molar refractivity (Wildman–Crippen MR) is 78.9 cm³/mol. The van der Waals surface area contributed by atoms with Gasteiger partial charge in [0.25, 0.3) is 0 Å². The maximum absolute atomic E-state index is 11.1. The summed E-state index contributed by atoms with van der Waals surface area (Å²) in [5, 5.41) is 15.1. The van der Waals surface area contributed by atoms with Crippen molar-refractivity contribution in [2.24, 2.45) is 0 Å². The molecule has 0 aliphatic heterocycles. The van der Waals surface area contributed by atoms with Crippen LogP contribution in [0.25, 0.3) is 0 Å². The molecule has 1 rings (SSSR count). The van der Waals surface area contributed by atoms with Crippen LogP contribution in [-0.2, 0) is 10.2 Å². The molecular weight excluding hydrogens is 268 g/mol. The first-order chi connectivity index (χ1) is 8.37. The van der Waals surface area contributed by atoms with E-state index in [4.69, 9.17) is 5.11 Å². The van der Waals surface area contributed by atoms with Gasteiger partial charge in [0, 0.05) is 17.2 Å². The molecule has 1 atom stereocenters. The number of carbonyl (C=O) groups is 1. The van der Waals surface area contributed by atoms with Gasteiger partial charge < -0.3 is 10.4 Å². The number of aliphatic carboxylic acids is 1. The molecule has 2 N–H and O–H groups in total. The number of anilines is 1. The van der Waals surface area contributed by atoms with Crippen LogP contribution in [0.15, 0.2) is 5.38 Å². The number of hydrogen-bond donors (Lipinski definition) is 2. The van der Waals surface area contributed by atoms with Gasteiger partial charge in [0.2, 0.25) is 0 Å². The van der Waals surface area contributed by atoms with Gasteiger partial charge in [-0.2, -0.15) is 11.8 Å². The van der Waals surface area contributed by atoms with Crippen LogP contribution in [0.2, 0.25) is 0 Å². The van der Waals surface area contributed by atoms with E-state index in [1.807, 2.05) is 17.1 Å². The van der Waals surface area contributed by atoms with Crippen molar-refractivity contribution in [1.29, 1.82) is 0 Å². The summed E-state index contributed by atoms with van der Waals surface area (Å²) in [4.78, 5) is 15.5. The Morgan fingerprint density at radius 2 is 2.33 bits per heavy atom. The summed E-state index contributed by atoms with van der Waals surface area (Å²) in [6.45, 7) is 7.58. The van der Waals surface area contributed by atoms with Crippen molar-refractivity contribution in [2.45, 2.75) is 39.2 Å². The molecule has 0 spiro atoms. The molecule has 0 bridgehead atoms. The normalized spacial score (nSPS) is 13.3. The first-order valence-electron chi connectivity index (χ1n) is 5.91. The minimum atomic E-state index is -0.933. The van der Waals surface area contributed by atoms with E-state index in [0.29, 0.717) is 11.7 Å². The summed E-state index contributed by atoms with van der Waals surface area (Å²) in [7, 11) is 0. The zero-order valence-electron chi connectivity index (χ0n) is 11.2. The van der Waals surface area contributed by atoms with Crippen LogP contribution >= 0.6 is 23.1 Å². The average molecular weight is 288 g/mol. The lowest BCUT2D eigenvalue weighted by molar-refractivity contribution is -0.142. The van der Waals surface area contributed by atoms with Crippen LogP contribution in [0.1, 0.15) is 33.4 Å². The molecule has 102 valence electrons. The van der Waals surface area contributed by atoms with Gasteiger partial charge in [-0.15, -0.1) is 11.3 Å². The zero-order chi connectivity index (χ0) is 13.8. The maximum atomic E-state index is 11.1. The molecule has 1 heterocycles. The van der Waals surface area contributed by atoms with Crippen LogP contribution in [-0.4, -0.2) is 33.6 Å². The summed E-state index contributed by atoms with van der Waals surface area (Å²) < 4.78 is 0. The van der Waals surface area contributed by atoms with Crippen molar-refractivity contribution in [3.05, 3.63) is 11.1 Å². The molecule has 0 saturated heterocycles. The molecule has 0 aliphatic rings. The standard InChI is InChI=1S/C12H20N2O2S2/c1-5-17-6-8(2)13-11-14-9(7-18-11)12(3,4)10(15)16/h7-8H,5-6H2,1-4H3,(H,13,14)(H,15,16). The number of carboxylic acids is 1. The Labute approximate surface area is 116 Å². The molecule has 0 amide bonds. The quantitative estimate of drug-likeness (QED) is 0.807. The summed E-state index contributed by atoms with van der Waals surface area (Å²) in [5.74, 6) is 1.27. The van der Waals surface area contributed by atoms with E-state index in [1.54, 1.807) is 13.8 Å². The van der Waals surface area contributed by atoms with Crippen molar-refractivity contribution < 1.29 is 9.90 Å². The van der Waals surface area contributed by atoms with Crippen LogP contribution in [0.4, 0.5) is 5.13 Å². The molecule has 0 fully saturated rings. The maximum Gasteiger partial charge on any atom is 0.315 e. The summed E-state index contributed by atoms with van der Waals surface area (Å²) >= 11 is 3.33. The van der Waals surface area contributed by atoms with E-state index < -0.39 is 11.4 Å². The fraction of sp³-hybridized carbons (Fsp3) is 0.667. The van der Waals surface area contributed by atoms with Gasteiger partial charge in [0.05, 0.1) is 5.69 Å². The molecular formula is C12H20N2O2S2. The molecule has 18 heavy (non-hydrogen) atoms. The summed E-state index contributed by atoms with van der Waals surface area (Å²) in [6, 6.07) is 0.335. The van der Waals surface area contributed by atoms with E-state index in [2.05, 4.69) is 24.1 Å². The molecule has 0 aromatic carbocycles. The lowest BCUT2D eigenvalue weighted by atomic mass is 9.90. The van der Waals surface area contributed by atoms with E-state index in [9.17, 15) is 4.79 Å². The number of hydrogen-bond acceptors (Lipinski definition) is 5. The van der Waals surface area contributed by atoms with Crippen LogP contribution in [0.5, 0.6) is 0 Å². The number of nitrogens with one attached hydrogen (secondary N) is 1. The molecule has 1 aromatic heterocycles. The van der Waals surface area contributed by atoms with Gasteiger partial charge in [0.1, 0.15) is 5.41 Å². The SMILES string of the molecule is CCSCC(C)Nc1nc(C(C)(C)C(=O)O)cs1. The van der Waals surface area contributed by atoms with Crippen molar-refractivity contribution >= 4 is 34.2 Å². The lowest BCUT2D eigenvalue weighted by Crippen LogP contribution is -2.29. The minimum Gasteiger partial charge on any atom is -0.481 e. The van der Waals surface area contributed by atoms with Crippen molar-refractivity contribution in [3.63, 3.8) is 0 Å². The van der Waals surface area contributed by atoms with E-state index >= 15 is 0 Å². The Morgan fingerprint density at radius 1 is 1.67 bits per heavy atom. The highest BCUT2D eigenvalue weighted by molar-refractivity contribution is 7.99. The van der Waals surface area contributed by atoms with Crippen molar-refractivity contribution in [3.8, 4) is 0 Å². The monoisotopic (exact) mass is 288 g/mol. The van der Waals surface area contributed by atoms with Gasteiger partial charge in [-0.3, -0.25) is 4.79 Å². The number of rotatable bonds is 7. The zero-order valence-corrected chi connectivity index (χ0v) is 12.8. The van der Waals surface area contributed by atoms with Crippen LogP contribution in [0.3, 0.4) is 0 Å². The van der Waals surface area contributed by atoms with E-state index in [1.165, 1.54) is 11.3 Å². The number of aromatic nitrogens is 1. The summed E-state index contributed by atoms with van der Waals surface area (Å²) in [6.07, 6.45) is 0. The fourth-order valence-corrected chi connectivity index (χ4v) is 2.95. The highest BCUT2D eigenvalue weighted by atomic mass is 32.2. The Hall–Kier alpha value is -0.750. The van der Waals surface area contributed by atoms with Gasteiger partial charge in [-0.05, 0) is 26.5 Å². The molecule has 0 saturated carbocycles. The van der Waals surface area contributed by atoms with Gasteiger partial charge in [-0.1, -0.05) is 6.92 Å². The predicted octanol–water partition coefficient (Wildman–Crippen LogP) is 3.06. The Bertz CT molecular complexity index is 405. The lowest BCUT2D eigenvalue weighted by Gasteiger charge is -2.16. The van der Waals surface area contributed by atoms with E-state index in [-0.39, 0.29) is 0 Å².